The van der Waals surface area contributed by atoms with E-state index in [0.717, 1.165) is 30.3 Å². The number of primary amides is 1. The fourth-order valence-electron chi connectivity index (χ4n) is 13.5. The van der Waals surface area contributed by atoms with Gasteiger partial charge in [-0.2, -0.15) is 0 Å². The summed E-state index contributed by atoms with van der Waals surface area (Å²) in [6.45, 7) is 7.28. The zero-order chi connectivity index (χ0) is 73.5. The van der Waals surface area contributed by atoms with Gasteiger partial charge in [-0.1, -0.05) is 55.2 Å². The topological polar surface area (TPSA) is 474 Å². The molecule has 17 N–H and O–H groups in total. The number of aliphatic hydroxyl groups excluding tert-OH is 6. The van der Waals surface area contributed by atoms with Crippen LogP contribution in [0, 0.1) is 24.7 Å². The first kappa shape index (κ1) is 75.3. The van der Waals surface area contributed by atoms with E-state index in [4.69, 9.17) is 63.1 Å². The standard InChI is InChI=1S/C70H80Cl2N6O23/c1-27(2)13-42(75-6)45(82)22-38-58(86)31-8-11-48(40(71)16-31)97-50-18-33-19-51(62(50)101-69-63(61(89)60(88)52(26-79)99-69)100-54-25-70(5,74)64(90)29(4)96-54)98-49-12-9-32(17-41(49)72)59(87)39-23-47(84)56(77-65(91)35(33)21-46(83)43(24-53(73)85)76-66(38)92)30-7-10-44(81)36(15-30)55-28(3)14-34(80)20-37(55)57(68(94)95)78-67(39)93/h7-12,14-20,27,29,35,38-39,42-43,52,54,56-61,63-64,69,75,79-81,86-90H,13,21-26,74H2,1-6H3,(H2,73,85)(H,76,92)(H,77,91)(H,78,93)(H,94,95)/t29-,35+,38+,39-,42+,43-,52+,54?,56+,57-,58+,59+,60+,61-,63+,64+,69-,70-/m0/s1. The number of carbonyl (C=O) groups is 8. The van der Waals surface area contributed by atoms with E-state index in [1.807, 2.05) is 13.8 Å². The summed E-state index contributed by atoms with van der Waals surface area (Å²) in [6, 6.07) is 8.67. The molecule has 542 valence electrons. The average Bonchev–Trinajstić information content (AvgIpc) is 0.775. The van der Waals surface area contributed by atoms with Crippen LogP contribution in [0.2, 0.25) is 10.0 Å². The van der Waals surface area contributed by atoms with Gasteiger partial charge in [0.15, 0.2) is 47.3 Å². The molecule has 4 amide bonds. The Morgan fingerprint density at radius 2 is 1.39 bits per heavy atom. The molecule has 101 heavy (non-hydrogen) atoms. The molecular weight excluding hydrogens is 1360 g/mol. The molecule has 5 aromatic carbocycles. The van der Waals surface area contributed by atoms with Crippen LogP contribution in [-0.2, 0) is 52.6 Å². The highest BCUT2D eigenvalue weighted by Gasteiger charge is 2.51. The fraction of sp³-hybridized carbons (Fsp3) is 0.457. The fourth-order valence-corrected chi connectivity index (χ4v) is 14.0. The number of carbonyl (C=O) groups excluding carboxylic acids is 7. The molecule has 7 heterocycles. The second-order valence-electron chi connectivity index (χ2n) is 26.9. The van der Waals surface area contributed by atoms with Crippen molar-refractivity contribution in [2.45, 2.75) is 170 Å². The number of halogens is 2. The quantitative estimate of drug-likeness (QED) is 0.0752. The molecule has 0 saturated carbocycles. The molecule has 0 radical (unpaired) electrons. The Bertz CT molecular complexity index is 4060. The molecule has 18 atom stereocenters. The van der Waals surface area contributed by atoms with Crippen LogP contribution < -0.4 is 46.9 Å². The molecule has 7 aliphatic heterocycles. The summed E-state index contributed by atoms with van der Waals surface area (Å²) < 4.78 is 38.6. The number of nitrogens with one attached hydrogen (secondary N) is 4. The van der Waals surface area contributed by atoms with E-state index < -0.39 is 217 Å². The average molecular weight is 1440 g/mol. The third kappa shape index (κ3) is 16.1. The lowest BCUT2D eigenvalue weighted by molar-refractivity contribution is -0.333. The maximum atomic E-state index is 16.2. The van der Waals surface area contributed by atoms with Gasteiger partial charge in [0.25, 0.3) is 0 Å². The second-order valence-corrected chi connectivity index (χ2v) is 27.7. The molecule has 7 aliphatic rings. The first-order chi connectivity index (χ1) is 47.7. The van der Waals surface area contributed by atoms with Gasteiger partial charge in [-0.15, -0.1) is 0 Å². The Morgan fingerprint density at radius 1 is 0.752 bits per heavy atom. The number of phenolic OH excluding ortho intramolecular Hbond substituents is 2. The number of fused-ring (bicyclic) bond motifs is 15. The highest BCUT2D eigenvalue weighted by molar-refractivity contribution is 6.32. The number of amides is 4. The van der Waals surface area contributed by atoms with E-state index in [9.17, 15) is 69.9 Å². The maximum Gasteiger partial charge on any atom is 0.330 e. The van der Waals surface area contributed by atoms with Gasteiger partial charge in [0.2, 0.25) is 35.7 Å². The highest BCUT2D eigenvalue weighted by Crippen LogP contribution is 2.50. The van der Waals surface area contributed by atoms with Gasteiger partial charge in [-0.3, -0.25) is 33.6 Å². The smallest absolute Gasteiger partial charge is 0.330 e. The van der Waals surface area contributed by atoms with Crippen LogP contribution in [0.5, 0.6) is 40.2 Å². The summed E-state index contributed by atoms with van der Waals surface area (Å²) in [5.74, 6) is -18.1. The largest absolute Gasteiger partial charge is 0.508 e. The zero-order valence-corrected chi connectivity index (χ0v) is 57.0. The van der Waals surface area contributed by atoms with Crippen LogP contribution in [0.15, 0.2) is 78.9 Å². The number of carboxylic acids is 1. The number of Topliss-reactive ketones (excluding diaryl/α,β-unsaturated/α-hetero) is 3. The van der Waals surface area contributed by atoms with Crippen LogP contribution >= 0.6 is 23.2 Å². The van der Waals surface area contributed by atoms with Crippen LogP contribution in [0.25, 0.3) is 11.1 Å². The van der Waals surface area contributed by atoms with Gasteiger partial charge in [0, 0.05) is 36.8 Å². The van der Waals surface area contributed by atoms with Gasteiger partial charge >= 0.3 is 5.97 Å². The Hall–Kier alpha value is -8.40. The molecule has 12 rings (SSSR count). The number of aryl methyl sites for hydroxylation is 1. The number of aliphatic hydroxyl groups is 6. The summed E-state index contributed by atoms with van der Waals surface area (Å²) in [5, 5.41) is 113. The summed E-state index contributed by atoms with van der Waals surface area (Å²) in [6.07, 6.45) is -20.5. The van der Waals surface area contributed by atoms with Crippen molar-refractivity contribution < 1.29 is 113 Å². The number of rotatable bonds is 14. The van der Waals surface area contributed by atoms with E-state index >= 15 is 14.4 Å². The molecule has 31 heteroatoms. The molecule has 11 bridgehead atoms. The van der Waals surface area contributed by atoms with Crippen molar-refractivity contribution in [1.29, 1.82) is 0 Å². The summed E-state index contributed by atoms with van der Waals surface area (Å²) in [7, 11) is 1.53. The minimum absolute atomic E-state index is 0.0367. The first-order valence-corrected chi connectivity index (χ1v) is 33.3. The Kier molecular flexibility index (Phi) is 22.8. The van der Waals surface area contributed by atoms with Crippen LogP contribution in [0.4, 0.5) is 0 Å². The van der Waals surface area contributed by atoms with Crippen molar-refractivity contribution >= 4 is 70.1 Å². The van der Waals surface area contributed by atoms with Crippen LogP contribution in [0.3, 0.4) is 0 Å². The molecule has 29 nitrogen and oxygen atoms in total. The molecule has 0 spiro atoms. The summed E-state index contributed by atoms with van der Waals surface area (Å²) in [5.41, 5.74) is 9.93. The monoisotopic (exact) mass is 1440 g/mol. The van der Waals surface area contributed by atoms with E-state index in [1.165, 1.54) is 76.3 Å². The van der Waals surface area contributed by atoms with Gasteiger partial charge in [-0.25, -0.2) is 4.79 Å². The van der Waals surface area contributed by atoms with Crippen LogP contribution in [-0.4, -0.2) is 173 Å². The molecule has 2 fully saturated rings. The number of aromatic hydroxyl groups is 2. The molecule has 0 aliphatic carbocycles. The predicted molar refractivity (Wildman–Crippen MR) is 356 cm³/mol. The van der Waals surface area contributed by atoms with Crippen molar-refractivity contribution in [2.24, 2.45) is 29.2 Å². The maximum absolute atomic E-state index is 16.2. The van der Waals surface area contributed by atoms with Crippen molar-refractivity contribution in [2.75, 3.05) is 13.7 Å². The number of aliphatic carboxylic acids is 1. The lowest BCUT2D eigenvalue weighted by Crippen LogP contribution is -2.64. The summed E-state index contributed by atoms with van der Waals surface area (Å²) in [4.78, 5) is 118. The third-order valence-electron chi connectivity index (χ3n) is 18.9. The SMILES string of the molecule is CN[C@H](CC(C)C)C(=O)C[C@H]1C(=O)N[C@@H](CC(N)=O)C(=O)C[C@H]2C(=O)N[C@H]3C(=O)C[C@H](C(=O)N[C@H](C(=O)O)c4cc(O)cc(C)c4-c4cc3ccc4O)[C@H](O)c3ccc(c(Cl)c3)Oc3cc2cc(c3O[C@@H]2O[C@H](CO)[C@@H](O)[C@H](O)[C@H]2OC2C[C@](C)(N)[C@H](O)[C@H](C)O2)Oc2ccc(cc2Cl)[C@H]1O. The van der Waals surface area contributed by atoms with Gasteiger partial charge < -0.3 is 107 Å². The van der Waals surface area contributed by atoms with Gasteiger partial charge in [0.1, 0.15) is 47.4 Å². The van der Waals surface area contributed by atoms with E-state index in [1.54, 1.807) is 0 Å². The molecule has 0 aromatic heterocycles. The first-order valence-electron chi connectivity index (χ1n) is 32.6. The predicted octanol–water partition coefficient (Wildman–Crippen LogP) is 3.78. The highest BCUT2D eigenvalue weighted by atomic mass is 35.5. The van der Waals surface area contributed by atoms with Crippen molar-refractivity contribution in [3.05, 3.63) is 122 Å². The number of ether oxygens (including phenoxy) is 6. The van der Waals surface area contributed by atoms with Gasteiger partial charge in [0.05, 0.1) is 77.3 Å². The normalized spacial score (nSPS) is 29.6. The summed E-state index contributed by atoms with van der Waals surface area (Å²) >= 11 is 14.2. The lowest BCUT2D eigenvalue weighted by Gasteiger charge is -2.47. The number of benzene rings is 5. The second kappa shape index (κ2) is 30.7. The van der Waals surface area contributed by atoms with Crippen molar-refractivity contribution in [3.63, 3.8) is 0 Å². The van der Waals surface area contributed by atoms with E-state index in [0.29, 0.717) is 6.42 Å². The third-order valence-corrected chi connectivity index (χ3v) is 19.5. The van der Waals surface area contributed by atoms with Crippen molar-refractivity contribution in [1.82, 2.24) is 21.3 Å². The minimum Gasteiger partial charge on any atom is -0.508 e. The Morgan fingerprint density at radius 3 is 1.97 bits per heavy atom. The number of likely N-dealkylation sites (N-methyl/N-ethyl adjacent to an activating group) is 1. The number of ketones is 3. The molecule has 1 unspecified atom stereocenters. The number of carboxylic acid groups (broad SMARTS) is 1. The number of nitrogens with two attached hydrogens (primary N) is 2. The Labute approximate surface area is 588 Å². The van der Waals surface area contributed by atoms with Gasteiger partial charge in [-0.05, 0) is 140 Å². The van der Waals surface area contributed by atoms with E-state index in [-0.39, 0.29) is 78.4 Å². The number of hydrogen-bond donors (Lipinski definition) is 15. The minimum atomic E-state index is -2.07. The number of hydrogen-bond acceptors (Lipinski definition) is 24. The number of phenols is 2. The van der Waals surface area contributed by atoms with Crippen molar-refractivity contribution in [3.8, 4) is 51.4 Å². The molecule has 2 saturated heterocycles. The molecule has 5 aromatic rings. The lowest BCUT2D eigenvalue weighted by atomic mass is 9.83. The Balaban J connectivity index is 1.24. The molecular formula is C70H80Cl2N6O23. The van der Waals surface area contributed by atoms with Crippen LogP contribution in [0.1, 0.15) is 130 Å². The zero-order valence-electron chi connectivity index (χ0n) is 55.5. The van der Waals surface area contributed by atoms with E-state index in [2.05, 4.69) is 21.3 Å².